The smallest absolute Gasteiger partial charge is 0.225 e. The van der Waals surface area contributed by atoms with Crippen LogP contribution in [0.2, 0.25) is 0 Å². The molecule has 1 aliphatic rings. The molecule has 0 aromatic heterocycles. The molecule has 1 fully saturated rings. The van der Waals surface area contributed by atoms with Crippen molar-refractivity contribution in [3.05, 3.63) is 0 Å². The second-order valence-corrected chi connectivity index (χ2v) is 5.10. The molecular weight excluding hydrogens is 230 g/mol. The van der Waals surface area contributed by atoms with Gasteiger partial charge in [-0.3, -0.25) is 4.79 Å². The van der Waals surface area contributed by atoms with Crippen molar-refractivity contribution in [1.82, 2.24) is 5.32 Å². The fourth-order valence-electron chi connectivity index (χ4n) is 2.69. The van der Waals surface area contributed by atoms with Crippen LogP contribution in [-0.4, -0.2) is 36.4 Å². The Morgan fingerprint density at radius 2 is 2.06 bits per heavy atom. The minimum atomic E-state index is -0.439. The third-order valence-electron chi connectivity index (χ3n) is 4.03. The van der Waals surface area contributed by atoms with Crippen LogP contribution >= 0.6 is 0 Å². The number of hydrogen-bond acceptors (Lipinski definition) is 3. The van der Waals surface area contributed by atoms with E-state index in [1.165, 1.54) is 0 Å². The van der Waals surface area contributed by atoms with Gasteiger partial charge in [0.05, 0.1) is 18.1 Å². The van der Waals surface area contributed by atoms with Gasteiger partial charge < -0.3 is 15.2 Å². The number of rotatable bonds is 7. The van der Waals surface area contributed by atoms with Crippen molar-refractivity contribution in [2.24, 2.45) is 11.8 Å². The first kappa shape index (κ1) is 15.4. The van der Waals surface area contributed by atoms with Crippen LogP contribution in [0.25, 0.3) is 0 Å². The second kappa shape index (κ2) is 7.74. The normalized spacial score (nSPS) is 25.4. The summed E-state index contributed by atoms with van der Waals surface area (Å²) in [5.41, 5.74) is 0. The van der Waals surface area contributed by atoms with Gasteiger partial charge in [-0.15, -0.1) is 0 Å². The van der Waals surface area contributed by atoms with E-state index in [0.717, 1.165) is 25.7 Å². The molecule has 3 atom stereocenters. The molecule has 1 saturated heterocycles. The lowest BCUT2D eigenvalue weighted by Gasteiger charge is -2.22. The van der Waals surface area contributed by atoms with E-state index in [9.17, 15) is 9.90 Å². The number of nitrogens with one attached hydrogen (secondary N) is 1. The molecule has 1 rings (SSSR count). The van der Waals surface area contributed by atoms with E-state index in [0.29, 0.717) is 13.2 Å². The third kappa shape index (κ3) is 3.95. The van der Waals surface area contributed by atoms with E-state index >= 15 is 0 Å². The molecular formula is C14H27NO3. The molecule has 0 bridgehead atoms. The molecule has 1 amide bonds. The van der Waals surface area contributed by atoms with Crippen LogP contribution in [-0.2, 0) is 9.53 Å². The maximum atomic E-state index is 12.0. The Balaban J connectivity index is 2.36. The molecule has 4 heteroatoms. The van der Waals surface area contributed by atoms with Crippen molar-refractivity contribution in [3.63, 3.8) is 0 Å². The van der Waals surface area contributed by atoms with E-state index in [1.54, 1.807) is 0 Å². The molecule has 0 aromatic rings. The number of ether oxygens (including phenoxy) is 1. The number of amides is 1. The lowest BCUT2D eigenvalue weighted by molar-refractivity contribution is -0.127. The van der Waals surface area contributed by atoms with Gasteiger partial charge in [0.1, 0.15) is 0 Å². The summed E-state index contributed by atoms with van der Waals surface area (Å²) in [6.45, 7) is 7.20. The quantitative estimate of drug-likeness (QED) is 0.730. The van der Waals surface area contributed by atoms with Crippen LogP contribution in [0, 0.1) is 11.8 Å². The molecule has 3 unspecified atom stereocenters. The van der Waals surface area contributed by atoms with Gasteiger partial charge in [-0.25, -0.2) is 0 Å². The van der Waals surface area contributed by atoms with Gasteiger partial charge in [0.2, 0.25) is 5.91 Å². The average Bonchev–Trinajstić information content (AvgIpc) is 2.85. The molecule has 2 N–H and O–H groups in total. The van der Waals surface area contributed by atoms with Crippen molar-refractivity contribution in [1.29, 1.82) is 0 Å². The van der Waals surface area contributed by atoms with Crippen molar-refractivity contribution >= 4 is 5.91 Å². The van der Waals surface area contributed by atoms with Gasteiger partial charge in [0.25, 0.3) is 0 Å². The summed E-state index contributed by atoms with van der Waals surface area (Å²) in [6, 6.07) is 0. The highest BCUT2D eigenvalue weighted by atomic mass is 16.5. The van der Waals surface area contributed by atoms with Gasteiger partial charge in [0.15, 0.2) is 0 Å². The molecule has 0 spiro atoms. The highest BCUT2D eigenvalue weighted by Crippen LogP contribution is 2.23. The summed E-state index contributed by atoms with van der Waals surface area (Å²) in [5, 5.41) is 12.8. The minimum absolute atomic E-state index is 0.0318. The average molecular weight is 257 g/mol. The molecule has 18 heavy (non-hydrogen) atoms. The summed E-state index contributed by atoms with van der Waals surface area (Å²) in [5.74, 6) is 0.264. The van der Waals surface area contributed by atoms with Crippen LogP contribution < -0.4 is 5.32 Å². The minimum Gasteiger partial charge on any atom is -0.391 e. The molecule has 0 saturated carbocycles. The van der Waals surface area contributed by atoms with Crippen molar-refractivity contribution in [2.45, 2.75) is 58.7 Å². The molecule has 1 heterocycles. The van der Waals surface area contributed by atoms with Gasteiger partial charge in [-0.2, -0.15) is 0 Å². The van der Waals surface area contributed by atoms with Crippen LogP contribution in [0.15, 0.2) is 0 Å². The van der Waals surface area contributed by atoms with Crippen molar-refractivity contribution in [3.8, 4) is 0 Å². The van der Waals surface area contributed by atoms with Gasteiger partial charge in [-0.05, 0) is 18.8 Å². The summed E-state index contributed by atoms with van der Waals surface area (Å²) >= 11 is 0. The number of carbonyl (C=O) groups excluding carboxylic acids is 1. The van der Waals surface area contributed by atoms with E-state index in [-0.39, 0.29) is 23.8 Å². The van der Waals surface area contributed by atoms with Crippen molar-refractivity contribution in [2.75, 3.05) is 13.2 Å². The highest BCUT2D eigenvalue weighted by molar-refractivity contribution is 5.79. The number of aliphatic hydroxyl groups is 1. The maximum absolute atomic E-state index is 12.0. The first-order chi connectivity index (χ1) is 8.63. The first-order valence-corrected chi connectivity index (χ1v) is 7.21. The zero-order chi connectivity index (χ0) is 13.5. The van der Waals surface area contributed by atoms with E-state index in [4.69, 9.17) is 4.74 Å². The SMILES string of the molecule is CCC(CC)C(O)CNC(=O)C1CCOC1CC. The number of aliphatic hydroxyl groups excluding tert-OH is 1. The predicted octanol–water partition coefficient (Wildman–Crippen LogP) is 1.71. The van der Waals surface area contributed by atoms with Crippen LogP contribution in [0.5, 0.6) is 0 Å². The molecule has 4 nitrogen and oxygen atoms in total. The summed E-state index contributed by atoms with van der Waals surface area (Å²) in [6.07, 6.45) is 3.16. The fraction of sp³-hybridized carbons (Fsp3) is 0.929. The fourth-order valence-corrected chi connectivity index (χ4v) is 2.69. The lowest BCUT2D eigenvalue weighted by atomic mass is 9.95. The van der Waals surface area contributed by atoms with E-state index in [1.807, 2.05) is 6.92 Å². The Morgan fingerprint density at radius 1 is 1.39 bits per heavy atom. The Hall–Kier alpha value is -0.610. The Morgan fingerprint density at radius 3 is 2.61 bits per heavy atom. The van der Waals surface area contributed by atoms with Gasteiger partial charge in [0, 0.05) is 13.2 Å². The topological polar surface area (TPSA) is 58.6 Å². The lowest BCUT2D eigenvalue weighted by Crippen LogP contribution is -2.41. The monoisotopic (exact) mass is 257 g/mol. The largest absolute Gasteiger partial charge is 0.391 e. The van der Waals surface area contributed by atoms with Crippen molar-refractivity contribution < 1.29 is 14.6 Å². The summed E-state index contributed by atoms with van der Waals surface area (Å²) in [4.78, 5) is 12.0. The summed E-state index contributed by atoms with van der Waals surface area (Å²) < 4.78 is 5.51. The van der Waals surface area contributed by atoms with Gasteiger partial charge in [-0.1, -0.05) is 33.6 Å². The maximum Gasteiger partial charge on any atom is 0.225 e. The molecule has 0 aromatic carbocycles. The number of carbonyl (C=O) groups is 1. The van der Waals surface area contributed by atoms with Crippen LogP contribution in [0.3, 0.4) is 0 Å². The molecule has 0 radical (unpaired) electrons. The van der Waals surface area contributed by atoms with Gasteiger partial charge >= 0.3 is 0 Å². The van der Waals surface area contributed by atoms with E-state index in [2.05, 4.69) is 19.2 Å². The number of hydrogen-bond donors (Lipinski definition) is 2. The standard InChI is InChI=1S/C14H27NO3/c1-4-10(5-2)12(16)9-15-14(17)11-7-8-18-13(11)6-3/h10-13,16H,4-9H2,1-3H3,(H,15,17). The van der Waals surface area contributed by atoms with Crippen LogP contribution in [0.1, 0.15) is 46.5 Å². The van der Waals surface area contributed by atoms with E-state index < -0.39 is 6.10 Å². The second-order valence-electron chi connectivity index (χ2n) is 5.10. The predicted molar refractivity (Wildman–Crippen MR) is 71.2 cm³/mol. The molecule has 106 valence electrons. The highest BCUT2D eigenvalue weighted by Gasteiger charge is 2.32. The zero-order valence-corrected chi connectivity index (χ0v) is 11.8. The third-order valence-corrected chi connectivity index (χ3v) is 4.03. The van der Waals surface area contributed by atoms with Crippen LogP contribution in [0.4, 0.5) is 0 Å². The Bertz CT molecular complexity index is 253. The molecule has 0 aliphatic carbocycles. The zero-order valence-electron chi connectivity index (χ0n) is 11.8. The Kier molecular flexibility index (Phi) is 6.65. The first-order valence-electron chi connectivity index (χ1n) is 7.21. The Labute approximate surface area is 110 Å². The summed E-state index contributed by atoms with van der Waals surface area (Å²) in [7, 11) is 0. The molecule has 1 aliphatic heterocycles.